The predicted octanol–water partition coefficient (Wildman–Crippen LogP) is 13.5. The van der Waals surface area contributed by atoms with Crippen LogP contribution in [0.2, 0.25) is 0 Å². The molecule has 5 heteroatoms. The topological polar surface area (TPSA) is 32.6 Å². The molecule has 5 nitrogen and oxygen atoms in total. The maximum atomic E-state index is 5.63. The van der Waals surface area contributed by atoms with Gasteiger partial charge in [0, 0.05) is 54.5 Å². The highest BCUT2D eigenvalue weighted by molar-refractivity contribution is 6.27. The van der Waals surface area contributed by atoms with Gasteiger partial charge in [0.2, 0.25) is 0 Å². The van der Waals surface area contributed by atoms with E-state index in [1.165, 1.54) is 65.2 Å². The van der Waals surface area contributed by atoms with Gasteiger partial charge in [0.1, 0.15) is 11.6 Å². The van der Waals surface area contributed by atoms with E-state index in [0.717, 1.165) is 45.1 Å². The first-order valence-electron chi connectivity index (χ1n) is 19.8. The summed E-state index contributed by atoms with van der Waals surface area (Å²) in [5.74, 6) is 1.74. The van der Waals surface area contributed by atoms with Crippen molar-refractivity contribution in [2.24, 2.45) is 0 Å². The molecule has 5 heterocycles. The van der Waals surface area contributed by atoms with Crippen molar-refractivity contribution in [2.75, 3.05) is 0 Å². The molecule has 0 atom stereocenters. The Hall–Kier alpha value is -7.89. The third-order valence-corrected chi connectivity index (χ3v) is 12.1. The van der Waals surface area contributed by atoms with Crippen molar-refractivity contribution in [3.8, 4) is 23.0 Å². The van der Waals surface area contributed by atoms with E-state index in [1.54, 1.807) is 0 Å². The lowest BCUT2D eigenvalue weighted by Gasteiger charge is -2.12. The second-order valence-corrected chi connectivity index (χ2v) is 15.1. The van der Waals surface area contributed by atoms with E-state index in [1.807, 2.05) is 0 Å². The van der Waals surface area contributed by atoms with Gasteiger partial charge in [-0.1, -0.05) is 127 Å². The summed E-state index contributed by atoms with van der Waals surface area (Å²) in [7, 11) is 0. The summed E-state index contributed by atoms with van der Waals surface area (Å²) in [6, 6.07) is 72.1. The molecule has 0 aliphatic heterocycles. The number of aromatic nitrogens is 5. The molecule has 5 aromatic heterocycles. The Kier molecular flexibility index (Phi) is 6.38. The largest absolute Gasteiger partial charge is 0.309 e. The third kappa shape index (κ3) is 4.17. The van der Waals surface area contributed by atoms with Crippen LogP contribution in [0.4, 0.5) is 0 Å². The van der Waals surface area contributed by atoms with Crippen LogP contribution in [0.1, 0.15) is 0 Å². The summed E-state index contributed by atoms with van der Waals surface area (Å²) < 4.78 is 9.56. The zero-order chi connectivity index (χ0) is 37.9. The quantitative estimate of drug-likeness (QED) is 0.177. The molecule has 13 rings (SSSR count). The first-order chi connectivity index (χ1) is 28.8. The van der Waals surface area contributed by atoms with Crippen LogP contribution in [0.3, 0.4) is 0 Å². The van der Waals surface area contributed by atoms with Crippen LogP contribution in [0.5, 0.6) is 0 Å². The number of pyridine rings is 1. The summed E-state index contributed by atoms with van der Waals surface area (Å²) in [5, 5.41) is 9.73. The number of hydrogen-bond acceptors (Lipinski definition) is 1. The Labute approximate surface area is 332 Å². The van der Waals surface area contributed by atoms with Gasteiger partial charge >= 0.3 is 0 Å². The molecule has 0 saturated heterocycles. The van der Waals surface area contributed by atoms with Crippen LogP contribution in [0.15, 0.2) is 200 Å². The highest BCUT2D eigenvalue weighted by Crippen LogP contribution is 2.44. The van der Waals surface area contributed by atoms with Crippen molar-refractivity contribution in [1.29, 1.82) is 0 Å². The third-order valence-electron chi connectivity index (χ3n) is 12.1. The molecule has 270 valence electrons. The van der Waals surface area contributed by atoms with Gasteiger partial charge in [0.05, 0.1) is 44.1 Å². The minimum absolute atomic E-state index is 0.871. The SMILES string of the molecule is c1ccc(-n2c3ccccc3c3c2ccc2c4ccccc4n(-c4cccc(-n5c6ccccc6c6c5ccc5c7ccccc7n(-c7ccccc7)c56)n4)c23)cc1. The minimum Gasteiger partial charge on any atom is -0.309 e. The average molecular weight is 740 g/mol. The van der Waals surface area contributed by atoms with Gasteiger partial charge in [0.25, 0.3) is 0 Å². The lowest BCUT2D eigenvalue weighted by atomic mass is 10.1. The van der Waals surface area contributed by atoms with Crippen LogP contribution in [0.25, 0.3) is 110 Å². The van der Waals surface area contributed by atoms with E-state index in [-0.39, 0.29) is 0 Å². The highest BCUT2D eigenvalue weighted by Gasteiger charge is 2.24. The number of para-hydroxylation sites is 6. The van der Waals surface area contributed by atoms with E-state index in [2.05, 4.69) is 218 Å². The number of hydrogen-bond donors (Lipinski definition) is 0. The molecule has 0 aliphatic carbocycles. The molecule has 0 spiro atoms. The molecule has 0 aliphatic rings. The van der Waals surface area contributed by atoms with Crippen molar-refractivity contribution in [3.05, 3.63) is 200 Å². The van der Waals surface area contributed by atoms with E-state index in [0.29, 0.717) is 0 Å². The molecule has 0 radical (unpaired) electrons. The van der Waals surface area contributed by atoms with Gasteiger partial charge in [0.15, 0.2) is 0 Å². The van der Waals surface area contributed by atoms with E-state index in [4.69, 9.17) is 4.98 Å². The molecule has 58 heavy (non-hydrogen) atoms. The maximum Gasteiger partial charge on any atom is 0.140 e. The summed E-state index contributed by atoms with van der Waals surface area (Å²) in [6.07, 6.45) is 0. The molecule has 0 amide bonds. The van der Waals surface area contributed by atoms with Crippen molar-refractivity contribution < 1.29 is 0 Å². The van der Waals surface area contributed by atoms with Crippen molar-refractivity contribution >= 4 is 87.2 Å². The fraction of sp³-hybridized carbons (Fsp3) is 0. The lowest BCUT2D eigenvalue weighted by molar-refractivity contribution is 1.02. The molecule has 0 N–H and O–H groups in total. The first-order valence-corrected chi connectivity index (χ1v) is 19.8. The predicted molar refractivity (Wildman–Crippen MR) is 242 cm³/mol. The van der Waals surface area contributed by atoms with E-state index in [9.17, 15) is 0 Å². The summed E-state index contributed by atoms with van der Waals surface area (Å²) >= 11 is 0. The molecule has 0 fully saturated rings. The Morgan fingerprint density at radius 3 is 1.21 bits per heavy atom. The molecule has 0 unspecified atom stereocenters. The zero-order valence-corrected chi connectivity index (χ0v) is 31.3. The van der Waals surface area contributed by atoms with Crippen molar-refractivity contribution in [1.82, 2.24) is 23.3 Å². The van der Waals surface area contributed by atoms with E-state index >= 15 is 0 Å². The normalized spacial score (nSPS) is 12.1. The number of nitrogens with zero attached hydrogens (tertiary/aromatic N) is 5. The second kappa shape index (κ2) is 11.8. The standard InChI is InChI=1S/C53H33N5/c1-3-16-34(17-4-1)55-44-26-13-9-22-40(44)50-46(55)32-30-39-37-21-8-12-25-43(37)58(53(39)50)49-29-15-28-48(54-49)57-45-27-14-10-23-41(45)51-47(57)33-31-38-36-20-7-11-24-42(36)56(52(38)51)35-18-5-2-6-19-35/h1-33H. The molecule has 0 saturated carbocycles. The number of rotatable bonds is 4. The van der Waals surface area contributed by atoms with Gasteiger partial charge in [-0.15, -0.1) is 0 Å². The van der Waals surface area contributed by atoms with Crippen LogP contribution in [-0.4, -0.2) is 23.3 Å². The maximum absolute atomic E-state index is 5.63. The van der Waals surface area contributed by atoms with Gasteiger partial charge in [-0.25, -0.2) is 4.98 Å². The Balaban J connectivity index is 1.13. The van der Waals surface area contributed by atoms with Crippen LogP contribution < -0.4 is 0 Å². The number of fused-ring (bicyclic) bond motifs is 14. The fourth-order valence-electron chi connectivity index (χ4n) is 9.86. The summed E-state index contributed by atoms with van der Waals surface area (Å²) in [5.41, 5.74) is 11.6. The molecule has 13 aromatic rings. The minimum atomic E-state index is 0.871. The first kappa shape index (κ1) is 31.3. The van der Waals surface area contributed by atoms with Crippen LogP contribution in [0, 0.1) is 0 Å². The monoisotopic (exact) mass is 739 g/mol. The van der Waals surface area contributed by atoms with Crippen LogP contribution >= 0.6 is 0 Å². The van der Waals surface area contributed by atoms with E-state index < -0.39 is 0 Å². The van der Waals surface area contributed by atoms with Gasteiger partial charge in [-0.3, -0.25) is 9.13 Å². The smallest absolute Gasteiger partial charge is 0.140 e. The Morgan fingerprint density at radius 1 is 0.241 bits per heavy atom. The average Bonchev–Trinajstić information content (AvgIpc) is 4.02. The Morgan fingerprint density at radius 2 is 0.638 bits per heavy atom. The highest BCUT2D eigenvalue weighted by atomic mass is 15.1. The molecule has 0 bridgehead atoms. The molecular formula is C53H33N5. The van der Waals surface area contributed by atoms with Crippen molar-refractivity contribution in [3.63, 3.8) is 0 Å². The van der Waals surface area contributed by atoms with Gasteiger partial charge < -0.3 is 9.13 Å². The van der Waals surface area contributed by atoms with Crippen molar-refractivity contribution in [2.45, 2.75) is 0 Å². The Bertz CT molecular complexity index is 3790. The zero-order valence-electron chi connectivity index (χ0n) is 31.3. The second-order valence-electron chi connectivity index (χ2n) is 15.1. The fourth-order valence-corrected chi connectivity index (χ4v) is 9.86. The number of benzene rings is 8. The summed E-state index contributed by atoms with van der Waals surface area (Å²) in [6.45, 7) is 0. The van der Waals surface area contributed by atoms with Crippen LogP contribution in [-0.2, 0) is 0 Å². The van der Waals surface area contributed by atoms with Gasteiger partial charge in [-0.2, -0.15) is 0 Å². The molecular weight excluding hydrogens is 707 g/mol. The van der Waals surface area contributed by atoms with Gasteiger partial charge in [-0.05, 0) is 72.8 Å². The lowest BCUT2D eigenvalue weighted by Crippen LogP contribution is -2.03. The summed E-state index contributed by atoms with van der Waals surface area (Å²) in [4.78, 5) is 5.63. The molecule has 8 aromatic carbocycles.